The van der Waals surface area contributed by atoms with Crippen LogP contribution in [-0.2, 0) is 0 Å². The minimum absolute atomic E-state index is 0.0561. The van der Waals surface area contributed by atoms with E-state index in [9.17, 15) is 9.90 Å². The van der Waals surface area contributed by atoms with Crippen molar-refractivity contribution < 1.29 is 9.90 Å². The highest BCUT2D eigenvalue weighted by molar-refractivity contribution is 7.21. The number of nitrogens with zero attached hydrogens (tertiary/aromatic N) is 1. The molecule has 1 N–H and O–H groups in total. The number of rotatable bonds is 1. The first kappa shape index (κ1) is 8.19. The predicted molar refractivity (Wildman–Crippen MR) is 51.3 cm³/mol. The lowest BCUT2D eigenvalue weighted by Gasteiger charge is -1.89. The summed E-state index contributed by atoms with van der Waals surface area (Å²) < 4.78 is 0.887. The summed E-state index contributed by atoms with van der Waals surface area (Å²) in [5, 5.41) is 10.3. The molecule has 2 rings (SSSR count). The van der Waals surface area contributed by atoms with Crippen LogP contribution in [0.3, 0.4) is 0 Å². The maximum Gasteiger partial charge on any atom is 0.173 e. The number of fused-ring (bicyclic) bond motifs is 1. The zero-order valence-electron chi connectivity index (χ0n) is 6.94. The molecule has 0 amide bonds. The van der Waals surface area contributed by atoms with Crippen LogP contribution >= 0.6 is 11.3 Å². The SMILES string of the molecule is CC(=O)c1sc2ccncc2c1O. The van der Waals surface area contributed by atoms with Gasteiger partial charge in [0, 0.05) is 24.0 Å². The Labute approximate surface area is 78.7 Å². The minimum atomic E-state index is -0.112. The molecule has 0 spiro atoms. The highest BCUT2D eigenvalue weighted by atomic mass is 32.1. The molecule has 13 heavy (non-hydrogen) atoms. The number of carbonyl (C=O) groups is 1. The molecule has 0 aliphatic carbocycles. The summed E-state index contributed by atoms with van der Waals surface area (Å²) >= 11 is 1.29. The third kappa shape index (κ3) is 1.19. The van der Waals surface area contributed by atoms with Crippen LogP contribution in [0.5, 0.6) is 5.75 Å². The summed E-state index contributed by atoms with van der Waals surface area (Å²) in [7, 11) is 0. The summed E-state index contributed by atoms with van der Waals surface area (Å²) in [5.41, 5.74) is 0. The molecular weight excluding hydrogens is 186 g/mol. The molecular formula is C9H7NO2S. The second-order valence-electron chi connectivity index (χ2n) is 2.71. The van der Waals surface area contributed by atoms with Gasteiger partial charge in [-0.1, -0.05) is 0 Å². The van der Waals surface area contributed by atoms with Gasteiger partial charge >= 0.3 is 0 Å². The number of hydrogen-bond donors (Lipinski definition) is 1. The van der Waals surface area contributed by atoms with Gasteiger partial charge in [-0.15, -0.1) is 11.3 Å². The second-order valence-corrected chi connectivity index (χ2v) is 3.76. The van der Waals surface area contributed by atoms with Crippen molar-refractivity contribution >= 4 is 27.2 Å². The van der Waals surface area contributed by atoms with Gasteiger partial charge in [-0.05, 0) is 6.07 Å². The lowest BCUT2D eigenvalue weighted by atomic mass is 10.2. The third-order valence-corrected chi connectivity index (χ3v) is 3.04. The standard InChI is InChI=1S/C9H7NO2S/c1-5(11)9-8(12)6-4-10-3-2-7(6)13-9/h2-4,12H,1H3. The molecule has 0 unspecified atom stereocenters. The lowest BCUT2D eigenvalue weighted by Crippen LogP contribution is -1.85. The van der Waals surface area contributed by atoms with E-state index in [-0.39, 0.29) is 11.5 Å². The topological polar surface area (TPSA) is 50.2 Å². The maximum absolute atomic E-state index is 11.1. The van der Waals surface area contributed by atoms with Crippen molar-refractivity contribution in [2.24, 2.45) is 0 Å². The predicted octanol–water partition coefficient (Wildman–Crippen LogP) is 2.20. The molecule has 0 saturated heterocycles. The van der Waals surface area contributed by atoms with Crippen molar-refractivity contribution in [3.05, 3.63) is 23.3 Å². The summed E-state index contributed by atoms with van der Waals surface area (Å²) in [6.45, 7) is 1.44. The molecule has 0 radical (unpaired) electrons. The zero-order valence-corrected chi connectivity index (χ0v) is 7.76. The van der Waals surface area contributed by atoms with Crippen molar-refractivity contribution in [3.8, 4) is 5.75 Å². The van der Waals surface area contributed by atoms with Gasteiger partial charge in [0.1, 0.15) is 10.6 Å². The molecule has 0 atom stereocenters. The Bertz CT molecular complexity index is 475. The molecule has 0 aliphatic heterocycles. The van der Waals surface area contributed by atoms with E-state index in [0.29, 0.717) is 10.3 Å². The van der Waals surface area contributed by atoms with Crippen molar-refractivity contribution in [2.75, 3.05) is 0 Å². The fraction of sp³-hybridized carbons (Fsp3) is 0.111. The molecule has 2 aromatic heterocycles. The van der Waals surface area contributed by atoms with E-state index in [1.165, 1.54) is 18.3 Å². The van der Waals surface area contributed by atoms with Gasteiger partial charge in [-0.3, -0.25) is 9.78 Å². The van der Waals surface area contributed by atoms with Gasteiger partial charge in [0.25, 0.3) is 0 Å². The summed E-state index contributed by atoms with van der Waals surface area (Å²) in [6, 6.07) is 1.78. The van der Waals surface area contributed by atoms with E-state index in [0.717, 1.165) is 4.70 Å². The molecule has 2 aromatic rings. The summed E-state index contributed by atoms with van der Waals surface area (Å²) in [6.07, 6.45) is 3.20. The minimum Gasteiger partial charge on any atom is -0.506 e. The van der Waals surface area contributed by atoms with Crippen LogP contribution in [0.2, 0.25) is 0 Å². The Morgan fingerprint density at radius 3 is 3.00 bits per heavy atom. The first-order chi connectivity index (χ1) is 6.20. The largest absolute Gasteiger partial charge is 0.506 e. The van der Waals surface area contributed by atoms with Crippen molar-refractivity contribution in [2.45, 2.75) is 6.92 Å². The Morgan fingerprint density at radius 1 is 1.62 bits per heavy atom. The molecule has 0 aliphatic rings. The van der Waals surface area contributed by atoms with Crippen molar-refractivity contribution in [1.82, 2.24) is 4.98 Å². The quantitative estimate of drug-likeness (QED) is 0.706. The van der Waals surface area contributed by atoms with Gasteiger partial charge in [0.05, 0.1) is 5.39 Å². The van der Waals surface area contributed by atoms with Gasteiger partial charge < -0.3 is 5.11 Å². The number of thiophene rings is 1. The number of pyridine rings is 1. The molecule has 3 nitrogen and oxygen atoms in total. The summed E-state index contributed by atoms with van der Waals surface area (Å²) in [4.78, 5) is 15.4. The van der Waals surface area contributed by atoms with Gasteiger partial charge in [0.2, 0.25) is 0 Å². The van der Waals surface area contributed by atoms with Crippen molar-refractivity contribution in [1.29, 1.82) is 0 Å². The molecule has 0 fully saturated rings. The highest BCUT2D eigenvalue weighted by Crippen LogP contribution is 2.36. The first-order valence-electron chi connectivity index (χ1n) is 3.76. The number of carbonyl (C=O) groups excluding carboxylic acids is 1. The maximum atomic E-state index is 11.1. The van der Waals surface area contributed by atoms with Crippen LogP contribution < -0.4 is 0 Å². The molecule has 66 valence electrons. The number of Topliss-reactive ketones (excluding diaryl/α,β-unsaturated/α-hetero) is 1. The third-order valence-electron chi connectivity index (χ3n) is 1.78. The molecule has 0 aromatic carbocycles. The van der Waals surface area contributed by atoms with Crippen LogP contribution in [0.4, 0.5) is 0 Å². The number of aromatic nitrogens is 1. The second kappa shape index (κ2) is 2.81. The Balaban J connectivity index is 2.81. The lowest BCUT2D eigenvalue weighted by molar-refractivity contribution is 0.101. The number of ketones is 1. The average molecular weight is 193 g/mol. The van der Waals surface area contributed by atoms with Gasteiger partial charge in [-0.2, -0.15) is 0 Å². The zero-order chi connectivity index (χ0) is 9.42. The van der Waals surface area contributed by atoms with Crippen LogP contribution in [0, 0.1) is 0 Å². The van der Waals surface area contributed by atoms with E-state index in [1.807, 2.05) is 0 Å². The summed E-state index contributed by atoms with van der Waals surface area (Å²) in [5.74, 6) is -0.0562. The van der Waals surface area contributed by atoms with Gasteiger partial charge in [0.15, 0.2) is 5.78 Å². The van der Waals surface area contributed by atoms with E-state index in [1.54, 1.807) is 18.5 Å². The molecule has 2 heterocycles. The van der Waals surface area contributed by atoms with E-state index < -0.39 is 0 Å². The smallest absolute Gasteiger partial charge is 0.173 e. The average Bonchev–Trinajstić information content (AvgIpc) is 2.45. The van der Waals surface area contributed by atoms with Crippen LogP contribution in [0.1, 0.15) is 16.6 Å². The van der Waals surface area contributed by atoms with E-state index in [2.05, 4.69) is 4.98 Å². The van der Waals surface area contributed by atoms with Gasteiger partial charge in [-0.25, -0.2) is 0 Å². The van der Waals surface area contributed by atoms with Crippen LogP contribution in [0.25, 0.3) is 10.1 Å². The number of hydrogen-bond acceptors (Lipinski definition) is 4. The number of aromatic hydroxyl groups is 1. The van der Waals surface area contributed by atoms with E-state index in [4.69, 9.17) is 0 Å². The Morgan fingerprint density at radius 2 is 2.38 bits per heavy atom. The fourth-order valence-corrected chi connectivity index (χ4v) is 2.13. The monoisotopic (exact) mass is 193 g/mol. The fourth-order valence-electron chi connectivity index (χ4n) is 1.17. The Hall–Kier alpha value is -1.42. The van der Waals surface area contributed by atoms with Crippen LogP contribution in [0.15, 0.2) is 18.5 Å². The first-order valence-corrected chi connectivity index (χ1v) is 4.58. The van der Waals surface area contributed by atoms with E-state index >= 15 is 0 Å². The molecule has 4 heteroatoms. The van der Waals surface area contributed by atoms with Crippen LogP contribution in [-0.4, -0.2) is 15.9 Å². The normalized spacial score (nSPS) is 10.5. The molecule has 0 bridgehead atoms. The highest BCUT2D eigenvalue weighted by Gasteiger charge is 2.13. The molecule has 0 saturated carbocycles. The van der Waals surface area contributed by atoms with Crippen molar-refractivity contribution in [3.63, 3.8) is 0 Å². The Kier molecular flexibility index (Phi) is 1.77.